The summed E-state index contributed by atoms with van der Waals surface area (Å²) in [7, 11) is 1.47. The molecule has 1 N–H and O–H groups in total. The molecule has 0 spiro atoms. The SMILES string of the molecule is COc1ccccc1Oc1ncnc(Nc2cccc(Cl)c2)c1[N+](=O)[O-]. The zero-order valence-corrected chi connectivity index (χ0v) is 14.3. The van der Waals surface area contributed by atoms with Crippen molar-refractivity contribution in [3.8, 4) is 17.4 Å². The Morgan fingerprint density at radius 3 is 2.58 bits per heavy atom. The third-order valence-corrected chi connectivity index (χ3v) is 3.57. The van der Waals surface area contributed by atoms with E-state index in [1.807, 2.05) is 0 Å². The van der Waals surface area contributed by atoms with Crippen LogP contribution in [0.4, 0.5) is 17.2 Å². The van der Waals surface area contributed by atoms with E-state index in [1.165, 1.54) is 13.4 Å². The first-order valence-corrected chi connectivity index (χ1v) is 7.79. The number of ether oxygens (including phenoxy) is 2. The molecule has 0 aliphatic carbocycles. The summed E-state index contributed by atoms with van der Waals surface area (Å²) in [4.78, 5) is 18.8. The Balaban J connectivity index is 2.00. The van der Waals surface area contributed by atoms with Gasteiger partial charge in [0, 0.05) is 10.7 Å². The molecule has 0 unspecified atom stereocenters. The Morgan fingerprint density at radius 1 is 1.12 bits per heavy atom. The summed E-state index contributed by atoms with van der Waals surface area (Å²) in [5.41, 5.74) is 0.140. The first kappa shape index (κ1) is 17.4. The molecule has 1 heterocycles. The van der Waals surface area contributed by atoms with Gasteiger partial charge in [0.15, 0.2) is 11.5 Å². The van der Waals surface area contributed by atoms with Gasteiger partial charge in [-0.2, -0.15) is 4.98 Å². The number of halogens is 1. The van der Waals surface area contributed by atoms with Gasteiger partial charge in [-0.15, -0.1) is 0 Å². The van der Waals surface area contributed by atoms with Crippen LogP contribution in [0.5, 0.6) is 17.4 Å². The molecule has 0 atom stereocenters. The highest BCUT2D eigenvalue weighted by atomic mass is 35.5. The van der Waals surface area contributed by atoms with Crippen LogP contribution in [0.25, 0.3) is 0 Å². The normalized spacial score (nSPS) is 10.2. The highest BCUT2D eigenvalue weighted by Gasteiger charge is 2.26. The van der Waals surface area contributed by atoms with Crippen LogP contribution in [0.1, 0.15) is 0 Å². The van der Waals surface area contributed by atoms with Crippen molar-refractivity contribution >= 4 is 28.8 Å². The molecule has 0 radical (unpaired) electrons. The predicted molar refractivity (Wildman–Crippen MR) is 96.5 cm³/mol. The summed E-state index contributed by atoms with van der Waals surface area (Å²) in [6, 6.07) is 13.5. The minimum absolute atomic E-state index is 0.0165. The Labute approximate surface area is 153 Å². The standard InChI is InChI=1S/C17H13ClN4O4/c1-25-13-7-2-3-8-14(13)26-17-15(22(23)24)16(19-10-20-17)21-12-6-4-5-11(18)9-12/h2-10H,1H3,(H,19,20,21). The van der Waals surface area contributed by atoms with Crippen LogP contribution in [-0.2, 0) is 0 Å². The van der Waals surface area contributed by atoms with Gasteiger partial charge in [0.2, 0.25) is 5.82 Å². The number of benzene rings is 2. The quantitative estimate of drug-likeness (QED) is 0.499. The minimum Gasteiger partial charge on any atom is -0.493 e. The molecule has 1 aromatic heterocycles. The number of rotatable bonds is 6. The molecule has 2 aromatic carbocycles. The number of nitrogens with one attached hydrogen (secondary N) is 1. The Kier molecular flexibility index (Phi) is 5.14. The first-order valence-electron chi connectivity index (χ1n) is 7.41. The summed E-state index contributed by atoms with van der Waals surface area (Å²) >= 11 is 5.94. The summed E-state index contributed by atoms with van der Waals surface area (Å²) in [6.45, 7) is 0. The monoisotopic (exact) mass is 372 g/mol. The number of anilines is 2. The molecule has 8 nitrogen and oxygen atoms in total. The van der Waals surface area contributed by atoms with Gasteiger partial charge in [0.25, 0.3) is 0 Å². The van der Waals surface area contributed by atoms with Crippen LogP contribution in [0.3, 0.4) is 0 Å². The minimum atomic E-state index is -0.613. The second kappa shape index (κ2) is 7.66. The molecule has 0 saturated carbocycles. The number of nitro groups is 1. The van der Waals surface area contributed by atoms with Gasteiger partial charge in [-0.05, 0) is 30.3 Å². The van der Waals surface area contributed by atoms with E-state index >= 15 is 0 Å². The predicted octanol–water partition coefficient (Wildman–Crippen LogP) is 4.58. The van der Waals surface area contributed by atoms with Crippen molar-refractivity contribution in [3.05, 3.63) is 70.0 Å². The van der Waals surface area contributed by atoms with Crippen molar-refractivity contribution in [1.29, 1.82) is 0 Å². The maximum atomic E-state index is 11.6. The molecule has 132 valence electrons. The van der Waals surface area contributed by atoms with Gasteiger partial charge in [-0.25, -0.2) is 4.98 Å². The first-order chi connectivity index (χ1) is 12.6. The third-order valence-electron chi connectivity index (χ3n) is 3.33. The molecule has 9 heteroatoms. The molecule has 0 aliphatic heterocycles. The van der Waals surface area contributed by atoms with Crippen LogP contribution in [-0.4, -0.2) is 22.0 Å². The van der Waals surface area contributed by atoms with Crippen molar-refractivity contribution in [2.75, 3.05) is 12.4 Å². The lowest BCUT2D eigenvalue weighted by Crippen LogP contribution is -2.04. The lowest BCUT2D eigenvalue weighted by Gasteiger charge is -2.11. The maximum Gasteiger partial charge on any atom is 0.373 e. The van der Waals surface area contributed by atoms with Crippen LogP contribution in [0.15, 0.2) is 54.9 Å². The molecule has 26 heavy (non-hydrogen) atoms. The van der Waals surface area contributed by atoms with Crippen molar-refractivity contribution in [2.24, 2.45) is 0 Å². The van der Waals surface area contributed by atoms with E-state index in [-0.39, 0.29) is 11.7 Å². The Hall–Kier alpha value is -3.39. The van der Waals surface area contributed by atoms with Gasteiger partial charge in [-0.3, -0.25) is 10.1 Å². The number of aromatic nitrogens is 2. The second-order valence-corrected chi connectivity index (χ2v) is 5.46. The van der Waals surface area contributed by atoms with Crippen molar-refractivity contribution in [3.63, 3.8) is 0 Å². The highest BCUT2D eigenvalue weighted by molar-refractivity contribution is 6.30. The molecular formula is C17H13ClN4O4. The molecule has 0 bridgehead atoms. The summed E-state index contributed by atoms with van der Waals surface area (Å²) in [5.74, 6) is 0.492. The van der Waals surface area contributed by atoms with Crippen LogP contribution < -0.4 is 14.8 Å². The second-order valence-electron chi connectivity index (χ2n) is 5.02. The fourth-order valence-corrected chi connectivity index (χ4v) is 2.39. The number of hydrogen-bond acceptors (Lipinski definition) is 7. The van der Waals surface area contributed by atoms with E-state index in [0.29, 0.717) is 22.2 Å². The fourth-order valence-electron chi connectivity index (χ4n) is 2.20. The van der Waals surface area contributed by atoms with Crippen LogP contribution in [0, 0.1) is 10.1 Å². The van der Waals surface area contributed by atoms with Gasteiger partial charge < -0.3 is 14.8 Å². The number of para-hydroxylation sites is 2. The average Bonchev–Trinajstić information content (AvgIpc) is 2.62. The zero-order chi connectivity index (χ0) is 18.5. The van der Waals surface area contributed by atoms with Crippen LogP contribution in [0.2, 0.25) is 5.02 Å². The van der Waals surface area contributed by atoms with E-state index < -0.39 is 10.6 Å². The van der Waals surface area contributed by atoms with E-state index in [0.717, 1.165) is 0 Å². The zero-order valence-electron chi connectivity index (χ0n) is 13.5. The van der Waals surface area contributed by atoms with E-state index in [2.05, 4.69) is 15.3 Å². The number of hydrogen-bond donors (Lipinski definition) is 1. The van der Waals surface area contributed by atoms with Crippen molar-refractivity contribution < 1.29 is 14.4 Å². The smallest absolute Gasteiger partial charge is 0.373 e. The number of methoxy groups -OCH3 is 1. The molecule has 0 saturated heterocycles. The summed E-state index contributed by atoms with van der Waals surface area (Å²) in [5, 5.41) is 14.9. The summed E-state index contributed by atoms with van der Waals surface area (Å²) in [6.07, 6.45) is 1.17. The van der Waals surface area contributed by atoms with Gasteiger partial charge in [0.05, 0.1) is 12.0 Å². The van der Waals surface area contributed by atoms with Gasteiger partial charge in [-0.1, -0.05) is 29.8 Å². The van der Waals surface area contributed by atoms with Crippen molar-refractivity contribution in [1.82, 2.24) is 9.97 Å². The van der Waals surface area contributed by atoms with Gasteiger partial charge in [0.1, 0.15) is 6.33 Å². The largest absolute Gasteiger partial charge is 0.493 e. The fraction of sp³-hybridized carbons (Fsp3) is 0.0588. The molecule has 0 fully saturated rings. The molecule has 0 amide bonds. The molecule has 3 aromatic rings. The summed E-state index contributed by atoms with van der Waals surface area (Å²) < 4.78 is 10.8. The maximum absolute atomic E-state index is 11.6. The van der Waals surface area contributed by atoms with E-state index in [1.54, 1.807) is 48.5 Å². The number of nitrogens with zero attached hydrogens (tertiary/aromatic N) is 3. The lowest BCUT2D eigenvalue weighted by molar-refractivity contribution is -0.385. The third kappa shape index (κ3) is 3.81. The average molecular weight is 373 g/mol. The highest BCUT2D eigenvalue weighted by Crippen LogP contribution is 2.38. The molecule has 0 aliphatic rings. The molecular weight excluding hydrogens is 360 g/mol. The topological polar surface area (TPSA) is 99.4 Å². The Morgan fingerprint density at radius 2 is 1.88 bits per heavy atom. The van der Waals surface area contributed by atoms with Crippen LogP contribution >= 0.6 is 11.6 Å². The van der Waals surface area contributed by atoms with E-state index in [9.17, 15) is 10.1 Å². The Bertz CT molecular complexity index is 952. The van der Waals surface area contributed by atoms with E-state index in [4.69, 9.17) is 21.1 Å². The van der Waals surface area contributed by atoms with Crippen molar-refractivity contribution in [2.45, 2.75) is 0 Å². The lowest BCUT2D eigenvalue weighted by atomic mass is 10.3. The van der Waals surface area contributed by atoms with Gasteiger partial charge >= 0.3 is 11.6 Å². The molecule has 3 rings (SSSR count).